The summed E-state index contributed by atoms with van der Waals surface area (Å²) < 4.78 is 1.12. The van der Waals surface area contributed by atoms with E-state index in [1.165, 1.54) is 5.56 Å². The molecular weight excluding hydrogens is 314 g/mol. The maximum atomic E-state index is 6.43. The van der Waals surface area contributed by atoms with Gasteiger partial charge in [-0.15, -0.1) is 0 Å². The van der Waals surface area contributed by atoms with E-state index in [1.807, 2.05) is 0 Å². The zero-order valence-corrected chi connectivity index (χ0v) is 14.3. The molecule has 1 fully saturated rings. The highest BCUT2D eigenvalue weighted by atomic mass is 79.9. The highest BCUT2D eigenvalue weighted by Gasteiger charge is 2.30. The van der Waals surface area contributed by atoms with Gasteiger partial charge in [0.25, 0.3) is 0 Å². The van der Waals surface area contributed by atoms with Crippen LogP contribution in [-0.4, -0.2) is 48.6 Å². The van der Waals surface area contributed by atoms with Gasteiger partial charge < -0.3 is 10.6 Å². The minimum absolute atomic E-state index is 0.187. The molecule has 1 heterocycles. The van der Waals surface area contributed by atoms with Crippen LogP contribution >= 0.6 is 15.9 Å². The monoisotopic (exact) mass is 339 g/mol. The molecule has 1 aromatic rings. The number of benzene rings is 1. The van der Waals surface area contributed by atoms with E-state index in [4.69, 9.17) is 5.73 Å². The molecule has 1 aliphatic heterocycles. The smallest absolute Gasteiger partial charge is 0.0500 e. The zero-order chi connectivity index (χ0) is 14.7. The molecule has 3 unspecified atom stereocenters. The Morgan fingerprint density at radius 3 is 2.50 bits per heavy atom. The number of hydrogen-bond acceptors (Lipinski definition) is 3. The van der Waals surface area contributed by atoms with E-state index < -0.39 is 0 Å². The summed E-state index contributed by atoms with van der Waals surface area (Å²) in [5, 5.41) is 0. The summed E-state index contributed by atoms with van der Waals surface area (Å²) in [6.45, 7) is 7.77. The molecule has 112 valence electrons. The second-order valence-electron chi connectivity index (χ2n) is 5.89. The third kappa shape index (κ3) is 3.61. The highest BCUT2D eigenvalue weighted by Crippen LogP contribution is 2.28. The van der Waals surface area contributed by atoms with Crippen LogP contribution in [0.3, 0.4) is 0 Å². The van der Waals surface area contributed by atoms with Crippen molar-refractivity contribution in [2.24, 2.45) is 5.73 Å². The zero-order valence-electron chi connectivity index (χ0n) is 12.7. The molecule has 2 N–H and O–H groups in total. The summed E-state index contributed by atoms with van der Waals surface area (Å²) >= 11 is 3.51. The summed E-state index contributed by atoms with van der Waals surface area (Å²) in [4.78, 5) is 4.98. The maximum absolute atomic E-state index is 6.43. The third-order valence-corrected chi connectivity index (χ3v) is 5.00. The fourth-order valence-electron chi connectivity index (χ4n) is 2.94. The van der Waals surface area contributed by atoms with E-state index in [-0.39, 0.29) is 6.04 Å². The first-order chi connectivity index (χ1) is 9.52. The summed E-state index contributed by atoms with van der Waals surface area (Å²) in [6, 6.07) is 9.73. The van der Waals surface area contributed by atoms with Crippen molar-refractivity contribution < 1.29 is 0 Å². The lowest BCUT2D eigenvalue weighted by atomic mass is 9.95. The lowest BCUT2D eigenvalue weighted by Gasteiger charge is -2.43. The molecule has 0 saturated carbocycles. The Bertz CT molecular complexity index is 420. The van der Waals surface area contributed by atoms with Crippen LogP contribution in [0.2, 0.25) is 0 Å². The molecule has 0 aliphatic carbocycles. The highest BCUT2D eigenvalue weighted by molar-refractivity contribution is 9.10. The normalized spacial score (nSPS) is 24.6. The molecule has 1 aromatic carbocycles. The molecule has 3 atom stereocenters. The van der Waals surface area contributed by atoms with Crippen LogP contribution in [0.1, 0.15) is 31.9 Å². The van der Waals surface area contributed by atoms with Gasteiger partial charge in [-0.25, -0.2) is 0 Å². The van der Waals surface area contributed by atoms with Gasteiger partial charge in [0.2, 0.25) is 0 Å². The van der Waals surface area contributed by atoms with E-state index in [0.717, 1.165) is 30.5 Å². The van der Waals surface area contributed by atoms with Gasteiger partial charge in [-0.1, -0.05) is 35.0 Å². The molecule has 0 radical (unpaired) electrons. The average Bonchev–Trinajstić information content (AvgIpc) is 2.45. The molecule has 0 amide bonds. The first-order valence-electron chi connectivity index (χ1n) is 7.48. The fraction of sp³-hybridized carbons (Fsp3) is 0.625. The molecule has 0 spiro atoms. The van der Waals surface area contributed by atoms with Gasteiger partial charge in [-0.3, -0.25) is 4.90 Å². The van der Waals surface area contributed by atoms with E-state index >= 15 is 0 Å². The molecule has 3 nitrogen and oxygen atoms in total. The lowest BCUT2D eigenvalue weighted by Crippen LogP contribution is -2.54. The van der Waals surface area contributed by atoms with Crippen molar-refractivity contribution in [1.29, 1.82) is 0 Å². The summed E-state index contributed by atoms with van der Waals surface area (Å²) in [6.07, 6.45) is 1.00. The second kappa shape index (κ2) is 7.03. The predicted octanol–water partition coefficient (Wildman–Crippen LogP) is 2.86. The SMILES string of the molecule is CCC(N)C(c1ccc(Br)cc1)N1CCN(C)C(C)C1. The van der Waals surface area contributed by atoms with Crippen molar-refractivity contribution in [2.75, 3.05) is 26.7 Å². The van der Waals surface area contributed by atoms with Gasteiger partial charge >= 0.3 is 0 Å². The fourth-order valence-corrected chi connectivity index (χ4v) is 3.21. The maximum Gasteiger partial charge on any atom is 0.0500 e. The van der Waals surface area contributed by atoms with Crippen molar-refractivity contribution >= 4 is 15.9 Å². The topological polar surface area (TPSA) is 32.5 Å². The number of rotatable bonds is 4. The quantitative estimate of drug-likeness (QED) is 0.915. The minimum Gasteiger partial charge on any atom is -0.326 e. The van der Waals surface area contributed by atoms with Crippen LogP contribution in [0.4, 0.5) is 0 Å². The standard InChI is InChI=1S/C16H26BrN3/c1-4-15(18)16(13-5-7-14(17)8-6-13)20-10-9-19(3)12(2)11-20/h5-8,12,15-16H,4,9-11,18H2,1-3H3. The Balaban J connectivity index is 2.21. The van der Waals surface area contributed by atoms with Gasteiger partial charge in [-0.2, -0.15) is 0 Å². The lowest BCUT2D eigenvalue weighted by molar-refractivity contribution is 0.0611. The van der Waals surface area contributed by atoms with Crippen LogP contribution in [0.25, 0.3) is 0 Å². The van der Waals surface area contributed by atoms with E-state index in [2.05, 4.69) is 70.9 Å². The first kappa shape index (κ1) is 16.0. The van der Waals surface area contributed by atoms with Crippen molar-refractivity contribution in [1.82, 2.24) is 9.80 Å². The van der Waals surface area contributed by atoms with Gasteiger partial charge in [-0.05, 0) is 38.1 Å². The summed E-state index contributed by atoms with van der Waals surface area (Å²) in [5.41, 5.74) is 7.76. The summed E-state index contributed by atoms with van der Waals surface area (Å²) in [5.74, 6) is 0. The van der Waals surface area contributed by atoms with E-state index in [0.29, 0.717) is 12.1 Å². The minimum atomic E-state index is 0.187. The molecular formula is C16H26BrN3. The van der Waals surface area contributed by atoms with Crippen molar-refractivity contribution in [3.8, 4) is 0 Å². The number of nitrogens with two attached hydrogens (primary N) is 1. The van der Waals surface area contributed by atoms with Crippen LogP contribution in [0, 0.1) is 0 Å². The van der Waals surface area contributed by atoms with E-state index in [9.17, 15) is 0 Å². The van der Waals surface area contributed by atoms with Crippen molar-refractivity contribution in [3.63, 3.8) is 0 Å². The number of halogens is 1. The van der Waals surface area contributed by atoms with Crippen LogP contribution < -0.4 is 5.73 Å². The molecule has 0 bridgehead atoms. The molecule has 1 aliphatic rings. The van der Waals surface area contributed by atoms with Gasteiger partial charge in [0.1, 0.15) is 0 Å². The Hall–Kier alpha value is -0.420. The van der Waals surface area contributed by atoms with Crippen LogP contribution in [-0.2, 0) is 0 Å². The summed E-state index contributed by atoms with van der Waals surface area (Å²) in [7, 11) is 2.20. The Morgan fingerprint density at radius 1 is 1.30 bits per heavy atom. The number of likely N-dealkylation sites (N-methyl/N-ethyl adjacent to an activating group) is 1. The van der Waals surface area contributed by atoms with Gasteiger partial charge in [0.05, 0.1) is 0 Å². The number of piperazine rings is 1. The second-order valence-corrected chi connectivity index (χ2v) is 6.81. The van der Waals surface area contributed by atoms with Gasteiger partial charge in [0, 0.05) is 42.2 Å². The van der Waals surface area contributed by atoms with Crippen molar-refractivity contribution in [3.05, 3.63) is 34.3 Å². The largest absolute Gasteiger partial charge is 0.326 e. The Labute approximate surface area is 131 Å². The van der Waals surface area contributed by atoms with E-state index in [1.54, 1.807) is 0 Å². The molecule has 4 heteroatoms. The van der Waals surface area contributed by atoms with Crippen LogP contribution in [0.5, 0.6) is 0 Å². The molecule has 0 aromatic heterocycles. The van der Waals surface area contributed by atoms with Crippen molar-refractivity contribution in [2.45, 2.75) is 38.4 Å². The Kier molecular flexibility index (Phi) is 5.61. The first-order valence-corrected chi connectivity index (χ1v) is 8.27. The van der Waals surface area contributed by atoms with Crippen LogP contribution in [0.15, 0.2) is 28.7 Å². The number of hydrogen-bond donors (Lipinski definition) is 1. The van der Waals surface area contributed by atoms with Gasteiger partial charge in [0.15, 0.2) is 0 Å². The molecule has 2 rings (SSSR count). The third-order valence-electron chi connectivity index (χ3n) is 4.47. The number of nitrogens with zero attached hydrogens (tertiary/aromatic N) is 2. The predicted molar refractivity (Wildman–Crippen MR) is 88.8 cm³/mol. The molecule has 20 heavy (non-hydrogen) atoms. The average molecular weight is 340 g/mol. The molecule has 1 saturated heterocycles. The Morgan fingerprint density at radius 2 is 1.95 bits per heavy atom.